The van der Waals surface area contributed by atoms with Crippen LogP contribution >= 0.6 is 23.4 Å². The van der Waals surface area contributed by atoms with Gasteiger partial charge in [0, 0.05) is 35.0 Å². The zero-order valence-electron chi connectivity index (χ0n) is 36.0. The zero-order chi connectivity index (χ0) is 48.4. The SMILES string of the molecule is C[C@H](NC(=O)[C@@H]1CCCN1C(=O)O)C(=O)OC[C@H](COc1ccc(-c2c(C#N)c(N)nc(SCc3coc(-c4ccc(Cl)cc4)n3)c2C#N)cc1)OC(=O)[C@H](C)NC(=O)[C@@H]1CCCN1C(=O)O. The summed E-state index contributed by atoms with van der Waals surface area (Å²) in [6, 6.07) is 12.8. The number of aromatic nitrogens is 2. The first kappa shape index (κ1) is 48.9. The number of nitrogen functional groups attached to an aromatic ring is 1. The fourth-order valence-electron chi connectivity index (χ4n) is 7.29. The molecule has 2 aromatic carbocycles. The fraction of sp³-hybridized carbons (Fsp3) is 0.364. The van der Waals surface area contributed by atoms with E-state index in [4.69, 9.17) is 36.0 Å². The second-order valence-corrected chi connectivity index (χ2v) is 16.7. The Kier molecular flexibility index (Phi) is 16.1. The van der Waals surface area contributed by atoms with Gasteiger partial charge in [0.1, 0.15) is 77.9 Å². The number of rotatable bonds is 17. The maximum absolute atomic E-state index is 13.3. The van der Waals surface area contributed by atoms with Crippen LogP contribution < -0.4 is 21.1 Å². The molecule has 0 saturated carbocycles. The van der Waals surface area contributed by atoms with Crippen molar-refractivity contribution in [3.05, 3.63) is 76.6 Å². The van der Waals surface area contributed by atoms with Crippen LogP contribution in [0.5, 0.6) is 5.75 Å². The molecule has 6 rings (SSSR count). The molecule has 4 amide bonds. The largest absolute Gasteiger partial charge is 0.490 e. The number of benzene rings is 2. The minimum Gasteiger partial charge on any atom is -0.490 e. The van der Waals surface area contributed by atoms with Crippen molar-refractivity contribution in [2.24, 2.45) is 0 Å². The van der Waals surface area contributed by atoms with Crippen LogP contribution in [0.2, 0.25) is 5.02 Å². The average Bonchev–Trinajstić information content (AvgIpc) is 4.12. The topological polar surface area (TPSA) is 314 Å². The summed E-state index contributed by atoms with van der Waals surface area (Å²) in [5, 5.41) is 45.1. The Hall–Kier alpha value is -7.56. The lowest BCUT2D eigenvalue weighted by molar-refractivity contribution is -0.163. The molecule has 2 fully saturated rings. The van der Waals surface area contributed by atoms with Gasteiger partial charge in [-0.2, -0.15) is 10.5 Å². The molecule has 0 radical (unpaired) electrons. The number of hydrogen-bond donors (Lipinski definition) is 5. The van der Waals surface area contributed by atoms with E-state index in [1.807, 2.05) is 6.07 Å². The summed E-state index contributed by atoms with van der Waals surface area (Å²) < 4.78 is 22.6. The lowest BCUT2D eigenvalue weighted by Crippen LogP contribution is -2.51. The summed E-state index contributed by atoms with van der Waals surface area (Å²) in [4.78, 5) is 86.2. The molecule has 2 aliphatic heterocycles. The number of likely N-dealkylation sites (tertiary alicyclic amines) is 2. The monoisotopic (exact) mass is 957 g/mol. The number of halogens is 1. The molecule has 5 atom stereocenters. The van der Waals surface area contributed by atoms with Gasteiger partial charge in [0.25, 0.3) is 0 Å². The normalized spacial score (nSPS) is 16.7. The zero-order valence-corrected chi connectivity index (χ0v) is 37.5. The molecule has 350 valence electrons. The number of nitrogens with two attached hydrogens (primary N) is 1. The van der Waals surface area contributed by atoms with Crippen LogP contribution in [0.15, 0.2) is 64.2 Å². The molecule has 21 nitrogen and oxygen atoms in total. The molecule has 0 aliphatic carbocycles. The van der Waals surface area contributed by atoms with Gasteiger partial charge < -0.3 is 45.2 Å². The Bertz CT molecular complexity index is 2600. The number of nitrogens with zero attached hydrogens (tertiary/aromatic N) is 6. The number of anilines is 1. The number of thioether (sulfide) groups is 1. The average molecular weight is 958 g/mol. The molecule has 2 aromatic heterocycles. The molecule has 2 saturated heterocycles. The third kappa shape index (κ3) is 12.0. The van der Waals surface area contributed by atoms with Crippen LogP contribution in [0.1, 0.15) is 56.4 Å². The minimum atomic E-state index is -1.31. The van der Waals surface area contributed by atoms with Crippen LogP contribution in [0.4, 0.5) is 15.4 Å². The van der Waals surface area contributed by atoms with E-state index < -0.39 is 79.4 Å². The van der Waals surface area contributed by atoms with E-state index in [2.05, 4.69) is 26.7 Å². The summed E-state index contributed by atoms with van der Waals surface area (Å²) in [6.07, 6.45) is -0.912. The van der Waals surface area contributed by atoms with Crippen LogP contribution in [0, 0.1) is 22.7 Å². The maximum atomic E-state index is 13.3. The first-order chi connectivity index (χ1) is 32.1. The molecule has 6 N–H and O–H groups in total. The molecule has 2 aliphatic rings. The number of hydrogen-bond acceptors (Lipinski definition) is 16. The number of carbonyl (C=O) groups excluding carboxylic acids is 4. The van der Waals surface area contributed by atoms with Crippen molar-refractivity contribution < 1.29 is 57.6 Å². The first-order valence-electron chi connectivity index (χ1n) is 20.8. The van der Waals surface area contributed by atoms with Gasteiger partial charge in [-0.3, -0.25) is 19.4 Å². The lowest BCUT2D eigenvalue weighted by atomic mass is 9.97. The molecule has 4 aromatic rings. The molecule has 0 bridgehead atoms. The number of pyridine rings is 1. The van der Waals surface area contributed by atoms with Gasteiger partial charge in [0.15, 0.2) is 6.10 Å². The number of oxazole rings is 1. The van der Waals surface area contributed by atoms with Gasteiger partial charge in [0.05, 0.1) is 11.3 Å². The second-order valence-electron chi connectivity index (χ2n) is 15.3. The Balaban J connectivity index is 1.14. The highest BCUT2D eigenvalue weighted by Crippen LogP contribution is 2.37. The highest BCUT2D eigenvalue weighted by Gasteiger charge is 2.37. The van der Waals surface area contributed by atoms with Gasteiger partial charge in [-0.25, -0.2) is 29.1 Å². The summed E-state index contributed by atoms with van der Waals surface area (Å²) in [7, 11) is 0. The van der Waals surface area contributed by atoms with Crippen molar-refractivity contribution in [3.63, 3.8) is 0 Å². The fourth-order valence-corrected chi connectivity index (χ4v) is 8.29. The van der Waals surface area contributed by atoms with Crippen molar-refractivity contribution in [3.8, 4) is 40.5 Å². The second kappa shape index (κ2) is 22.1. The Morgan fingerprint density at radius 3 is 1.99 bits per heavy atom. The third-order valence-electron chi connectivity index (χ3n) is 10.7. The van der Waals surface area contributed by atoms with E-state index in [1.165, 1.54) is 44.0 Å². The van der Waals surface area contributed by atoms with Gasteiger partial charge in [-0.05, 0) is 81.5 Å². The van der Waals surface area contributed by atoms with E-state index in [1.54, 1.807) is 36.4 Å². The lowest BCUT2D eigenvalue weighted by Gasteiger charge is -2.25. The number of ether oxygens (including phenoxy) is 3. The number of esters is 2. The highest BCUT2D eigenvalue weighted by atomic mass is 35.5. The van der Waals surface area contributed by atoms with E-state index in [0.29, 0.717) is 40.6 Å². The quantitative estimate of drug-likeness (QED) is 0.0701. The molecule has 0 spiro atoms. The van der Waals surface area contributed by atoms with Crippen molar-refractivity contribution in [1.82, 2.24) is 30.4 Å². The molecular weight excluding hydrogens is 914 g/mol. The van der Waals surface area contributed by atoms with E-state index in [-0.39, 0.29) is 65.0 Å². The molecule has 0 unspecified atom stereocenters. The third-order valence-corrected chi connectivity index (χ3v) is 12.0. The van der Waals surface area contributed by atoms with E-state index in [9.17, 15) is 49.5 Å². The number of amides is 4. The number of nitrogens with one attached hydrogen (secondary N) is 2. The summed E-state index contributed by atoms with van der Waals surface area (Å²) in [6.45, 7) is 1.99. The van der Waals surface area contributed by atoms with Crippen molar-refractivity contribution >= 4 is 65.1 Å². The van der Waals surface area contributed by atoms with Gasteiger partial charge in [0.2, 0.25) is 17.7 Å². The van der Waals surface area contributed by atoms with Crippen LogP contribution in [0.25, 0.3) is 22.6 Å². The Morgan fingerprint density at radius 1 is 0.851 bits per heavy atom. The standard InChI is InChI=1S/C44H44ClN9O12S/c1-23(49-37(55)33-5-3-15-53(33)43(59)60)41(57)65-21-30(66-42(58)24(2)50-38(56)34-6-4-16-54(34)44(61)62)20-63-29-13-9-25(10-14-29)35-31(17-46)36(48)52-40(32(35)18-47)67-22-28-19-64-39(51-28)26-7-11-27(45)12-8-26/h7-14,19,23-24,30,33-34H,3-6,15-16,20-22H2,1-2H3,(H2,48,52)(H,49,55)(H,50,56)(H,59,60)(H,61,62)/t23-,24-,30-,33-,34-/m0/s1. The van der Waals surface area contributed by atoms with Gasteiger partial charge in [-0.15, -0.1) is 0 Å². The predicted molar refractivity (Wildman–Crippen MR) is 237 cm³/mol. The number of carbonyl (C=O) groups is 6. The van der Waals surface area contributed by atoms with Crippen molar-refractivity contribution in [1.29, 1.82) is 10.5 Å². The summed E-state index contributed by atoms with van der Waals surface area (Å²) in [5.74, 6) is -2.57. The molecule has 4 heterocycles. The number of carboxylic acid groups (broad SMARTS) is 2. The van der Waals surface area contributed by atoms with Gasteiger partial charge in [-0.1, -0.05) is 35.5 Å². The van der Waals surface area contributed by atoms with E-state index in [0.717, 1.165) is 9.80 Å². The minimum absolute atomic E-state index is 0.0347. The molecule has 67 heavy (non-hydrogen) atoms. The highest BCUT2D eigenvalue weighted by molar-refractivity contribution is 7.98. The predicted octanol–water partition coefficient (Wildman–Crippen LogP) is 4.80. The summed E-state index contributed by atoms with van der Waals surface area (Å²) >= 11 is 7.17. The maximum Gasteiger partial charge on any atom is 0.407 e. The van der Waals surface area contributed by atoms with Crippen LogP contribution in [-0.4, -0.2) is 122 Å². The van der Waals surface area contributed by atoms with Crippen molar-refractivity contribution in [2.75, 3.05) is 32.0 Å². The molecule has 23 heteroatoms. The van der Waals surface area contributed by atoms with E-state index >= 15 is 0 Å². The summed E-state index contributed by atoms with van der Waals surface area (Å²) in [5.41, 5.74) is 8.18. The number of nitriles is 2. The van der Waals surface area contributed by atoms with Crippen LogP contribution in [0.3, 0.4) is 0 Å². The molecular formula is C44H44ClN9O12S. The van der Waals surface area contributed by atoms with Gasteiger partial charge >= 0.3 is 24.1 Å². The Morgan fingerprint density at radius 2 is 1.42 bits per heavy atom. The van der Waals surface area contributed by atoms with Crippen molar-refractivity contribution in [2.45, 2.75) is 80.6 Å². The smallest absolute Gasteiger partial charge is 0.407 e. The Labute approximate surface area is 392 Å². The first-order valence-corrected chi connectivity index (χ1v) is 22.1. The van der Waals surface area contributed by atoms with Crippen LogP contribution in [-0.2, 0) is 34.4 Å².